The number of aliphatic hydroxyl groups is 2. The Labute approximate surface area is 241 Å². The first-order valence-corrected chi connectivity index (χ1v) is 15.6. The van der Waals surface area contributed by atoms with Gasteiger partial charge >= 0.3 is 6.72 Å². The number of nitrogens with two attached hydrogens (primary N) is 2. The highest BCUT2D eigenvalue weighted by atomic mass is 32.5. The van der Waals surface area contributed by atoms with Crippen LogP contribution in [0, 0.1) is 0 Å². The van der Waals surface area contributed by atoms with E-state index in [1.54, 1.807) is 0 Å². The number of halogens is 2. The summed E-state index contributed by atoms with van der Waals surface area (Å²) < 4.78 is 50.2. The van der Waals surface area contributed by atoms with Gasteiger partial charge in [-0.3, -0.25) is 18.9 Å². The standard InChI is InChI=1S/C19H22F2N11O7PS2/c20-11-8(1-33)42-4-19(11,32-15-10(29-30-32)16(35)28-17(23)27-15)39-40(36,41)38-2-7-12(34)18(21,3-37-7)31-6-26-9-13(22)24-5-25-14(9)31/h5-8,11-12,33-34H,1-4H2,(H,36,41)(H2,22,24,25)(H3,23,27,28,35)/t7-,8-,11-,12-,18-,19-,40?/m1/s1. The van der Waals surface area contributed by atoms with Crippen LogP contribution in [0.25, 0.3) is 22.3 Å². The van der Waals surface area contributed by atoms with Crippen molar-refractivity contribution < 1.29 is 37.7 Å². The minimum Gasteiger partial charge on any atom is -0.395 e. The summed E-state index contributed by atoms with van der Waals surface area (Å²) >= 11 is 6.08. The van der Waals surface area contributed by atoms with Crippen LogP contribution in [-0.4, -0.2) is 109 Å². The van der Waals surface area contributed by atoms with Crippen molar-refractivity contribution in [2.45, 2.75) is 35.1 Å². The van der Waals surface area contributed by atoms with Crippen LogP contribution in [0.5, 0.6) is 0 Å². The summed E-state index contributed by atoms with van der Waals surface area (Å²) in [5, 5.41) is 27.0. The molecule has 2 aliphatic rings. The molecule has 0 amide bonds. The van der Waals surface area contributed by atoms with E-state index in [4.69, 9.17) is 37.1 Å². The number of hydrogen-bond donors (Lipinski definition) is 6. The Morgan fingerprint density at radius 1 is 1.31 bits per heavy atom. The van der Waals surface area contributed by atoms with Gasteiger partial charge in [-0.1, -0.05) is 5.21 Å². The number of aromatic amines is 1. The number of nitrogens with one attached hydrogen (secondary N) is 1. The molecule has 4 aromatic heterocycles. The van der Waals surface area contributed by atoms with Crippen LogP contribution >= 0.6 is 18.5 Å². The molecule has 6 rings (SSSR count). The Kier molecular flexibility index (Phi) is 7.18. The first-order valence-electron chi connectivity index (χ1n) is 12.0. The zero-order chi connectivity index (χ0) is 30.0. The van der Waals surface area contributed by atoms with Crippen molar-refractivity contribution in [1.29, 1.82) is 0 Å². The van der Waals surface area contributed by atoms with E-state index >= 15 is 8.78 Å². The number of ether oxygens (including phenoxy) is 1. The number of rotatable bonds is 8. The molecule has 0 saturated carbocycles. The lowest BCUT2D eigenvalue weighted by molar-refractivity contribution is -0.0793. The average Bonchev–Trinajstić information content (AvgIpc) is 3.70. The third kappa shape index (κ3) is 4.53. The third-order valence-electron chi connectivity index (χ3n) is 6.87. The molecule has 226 valence electrons. The van der Waals surface area contributed by atoms with Gasteiger partial charge in [0.2, 0.25) is 17.5 Å². The van der Waals surface area contributed by atoms with Gasteiger partial charge in [-0.05, 0) is 11.8 Å². The molecule has 0 spiro atoms. The topological polar surface area (TPSA) is 260 Å². The number of alkyl halides is 2. The lowest BCUT2D eigenvalue weighted by Gasteiger charge is -2.34. The van der Waals surface area contributed by atoms with Crippen molar-refractivity contribution in [2.75, 3.05) is 37.0 Å². The third-order valence-corrected chi connectivity index (χ3v) is 9.83. The molecular formula is C19H22F2N11O7PS2. The molecule has 4 aromatic rings. The van der Waals surface area contributed by atoms with E-state index in [1.807, 2.05) is 0 Å². The Morgan fingerprint density at radius 2 is 2.10 bits per heavy atom. The zero-order valence-electron chi connectivity index (χ0n) is 21.0. The SMILES string of the molecule is Nc1nc2c(nnn2[C@@]2(OP(O)(=S)OC[C@H]3OC[C@@](F)(n4cnc5c(N)ncnc54)[C@@H]3O)CS[C@H](CO)[C@H]2F)c(=O)[nH]1. The second-order valence-corrected chi connectivity index (χ2v) is 13.4. The summed E-state index contributed by atoms with van der Waals surface area (Å²) in [4.78, 5) is 41.3. The quantitative estimate of drug-likeness (QED) is 0.116. The number of H-pyrrole nitrogens is 1. The molecule has 23 heteroatoms. The highest BCUT2D eigenvalue weighted by molar-refractivity contribution is 8.07. The number of thioether (sulfide) groups is 1. The van der Waals surface area contributed by atoms with Crippen molar-refractivity contribution in [3.63, 3.8) is 0 Å². The Morgan fingerprint density at radius 3 is 2.83 bits per heavy atom. The van der Waals surface area contributed by atoms with Gasteiger partial charge in [0.15, 0.2) is 28.8 Å². The Bertz CT molecular complexity index is 1780. The summed E-state index contributed by atoms with van der Waals surface area (Å²) in [5.74, 6) is -3.16. The van der Waals surface area contributed by atoms with Crippen LogP contribution in [0.1, 0.15) is 0 Å². The lowest BCUT2D eigenvalue weighted by Crippen LogP contribution is -2.47. The summed E-state index contributed by atoms with van der Waals surface area (Å²) in [7, 11) is 0. The lowest BCUT2D eigenvalue weighted by atomic mass is 10.1. The first-order chi connectivity index (χ1) is 19.9. The molecule has 42 heavy (non-hydrogen) atoms. The summed E-state index contributed by atoms with van der Waals surface area (Å²) in [6, 6.07) is 0. The maximum Gasteiger partial charge on any atom is 0.326 e. The molecule has 7 atom stereocenters. The number of fused-ring (bicyclic) bond motifs is 2. The second-order valence-electron chi connectivity index (χ2n) is 9.42. The van der Waals surface area contributed by atoms with E-state index in [1.165, 1.54) is 0 Å². The van der Waals surface area contributed by atoms with E-state index in [2.05, 4.69) is 35.2 Å². The summed E-state index contributed by atoms with van der Waals surface area (Å²) in [5.41, 5.74) is 7.93. The fourth-order valence-corrected chi connectivity index (χ4v) is 7.74. The van der Waals surface area contributed by atoms with E-state index in [0.717, 1.165) is 33.7 Å². The van der Waals surface area contributed by atoms with Gasteiger partial charge < -0.3 is 35.8 Å². The van der Waals surface area contributed by atoms with Gasteiger partial charge in [0.25, 0.3) is 5.56 Å². The van der Waals surface area contributed by atoms with E-state index in [-0.39, 0.29) is 39.8 Å². The van der Waals surface area contributed by atoms with Crippen LogP contribution in [0.15, 0.2) is 17.4 Å². The molecular weight excluding hydrogens is 627 g/mol. The van der Waals surface area contributed by atoms with Gasteiger partial charge in [0.05, 0.1) is 24.8 Å². The minimum absolute atomic E-state index is 0.00465. The van der Waals surface area contributed by atoms with Crippen LogP contribution in [0.3, 0.4) is 0 Å². The molecule has 0 aromatic carbocycles. The molecule has 18 nitrogen and oxygen atoms in total. The number of aliphatic hydroxyl groups excluding tert-OH is 2. The maximum atomic E-state index is 16.1. The highest BCUT2D eigenvalue weighted by Crippen LogP contribution is 2.56. The van der Waals surface area contributed by atoms with Gasteiger partial charge in [-0.2, -0.15) is 9.67 Å². The molecule has 0 radical (unpaired) electrons. The molecule has 1 unspecified atom stereocenters. The van der Waals surface area contributed by atoms with Gasteiger partial charge in [0.1, 0.15) is 30.7 Å². The van der Waals surface area contributed by atoms with Crippen LogP contribution in [-0.2, 0) is 37.1 Å². The second kappa shape index (κ2) is 10.3. The summed E-state index contributed by atoms with van der Waals surface area (Å²) in [6.07, 6.45) is -3.12. The molecule has 0 aliphatic carbocycles. The van der Waals surface area contributed by atoms with Crippen molar-refractivity contribution in [3.05, 3.63) is 23.0 Å². The number of hydrogen-bond acceptors (Lipinski definition) is 16. The number of nitrogen functional groups attached to an aromatic ring is 2. The van der Waals surface area contributed by atoms with Gasteiger partial charge in [-0.15, -0.1) is 16.9 Å². The van der Waals surface area contributed by atoms with E-state index in [9.17, 15) is 19.9 Å². The Balaban J connectivity index is 1.25. The number of nitrogens with zero attached hydrogens (tertiary/aromatic N) is 8. The van der Waals surface area contributed by atoms with Crippen LogP contribution in [0.4, 0.5) is 20.5 Å². The number of anilines is 2. The van der Waals surface area contributed by atoms with Gasteiger partial charge in [-0.25, -0.2) is 23.7 Å². The number of imidazole rings is 1. The summed E-state index contributed by atoms with van der Waals surface area (Å²) in [6.45, 7) is -6.42. The average molecular weight is 650 g/mol. The van der Waals surface area contributed by atoms with E-state index < -0.39 is 67.2 Å². The Hall–Kier alpha value is -2.95. The predicted octanol–water partition coefficient (Wildman–Crippen LogP) is -1.75. The van der Waals surface area contributed by atoms with Crippen molar-refractivity contribution in [3.8, 4) is 0 Å². The molecule has 6 heterocycles. The molecule has 0 bridgehead atoms. The monoisotopic (exact) mass is 649 g/mol. The van der Waals surface area contributed by atoms with Crippen LogP contribution in [0.2, 0.25) is 0 Å². The maximum absolute atomic E-state index is 16.1. The minimum atomic E-state index is -4.46. The smallest absolute Gasteiger partial charge is 0.326 e. The van der Waals surface area contributed by atoms with E-state index in [0.29, 0.717) is 0 Å². The zero-order valence-corrected chi connectivity index (χ0v) is 23.5. The predicted molar refractivity (Wildman–Crippen MR) is 145 cm³/mol. The number of aromatic nitrogens is 9. The van der Waals surface area contributed by atoms with Crippen molar-refractivity contribution in [1.82, 2.24) is 44.5 Å². The molecule has 2 saturated heterocycles. The van der Waals surface area contributed by atoms with Crippen molar-refractivity contribution in [2.24, 2.45) is 0 Å². The first kappa shape index (κ1) is 29.1. The highest BCUT2D eigenvalue weighted by Gasteiger charge is 2.58. The fourth-order valence-electron chi connectivity index (χ4n) is 4.77. The normalized spacial score (nSPS) is 31.3. The van der Waals surface area contributed by atoms with Crippen LogP contribution < -0.4 is 17.0 Å². The molecule has 2 aliphatic heterocycles. The largest absolute Gasteiger partial charge is 0.395 e. The van der Waals surface area contributed by atoms with Crippen molar-refractivity contribution >= 4 is 64.4 Å². The fraction of sp³-hybridized carbons (Fsp3) is 0.526. The van der Waals surface area contributed by atoms with Gasteiger partial charge in [0, 0.05) is 5.75 Å². The molecule has 8 N–H and O–H groups in total. The molecule has 2 fully saturated rings.